The molecule has 5 heteroatoms. The van der Waals surface area contributed by atoms with Crippen molar-refractivity contribution in [3.63, 3.8) is 0 Å². The zero-order valence-electron chi connectivity index (χ0n) is 12.1. The summed E-state index contributed by atoms with van der Waals surface area (Å²) in [6.45, 7) is 2.09. The number of hydrogen-bond acceptors (Lipinski definition) is 5. The molecule has 2 fully saturated rings. The summed E-state index contributed by atoms with van der Waals surface area (Å²) in [6.07, 6.45) is 2.68. The van der Waals surface area contributed by atoms with Crippen LogP contribution in [0.15, 0.2) is 18.2 Å². The molecule has 2 saturated heterocycles. The van der Waals surface area contributed by atoms with Crippen molar-refractivity contribution in [1.82, 2.24) is 0 Å². The van der Waals surface area contributed by atoms with Crippen molar-refractivity contribution in [2.24, 2.45) is 0 Å². The van der Waals surface area contributed by atoms with Crippen LogP contribution < -0.4 is 9.47 Å². The van der Waals surface area contributed by atoms with Gasteiger partial charge in [0.15, 0.2) is 0 Å². The van der Waals surface area contributed by atoms with Crippen molar-refractivity contribution in [2.45, 2.75) is 31.0 Å². The molecule has 0 N–H and O–H groups in total. The fourth-order valence-corrected chi connectivity index (χ4v) is 2.96. The standard InChI is InChI=1S/C16H19NO4/c1-18-14-6-12(10-17)7-15(8-14)21-13-2-4-20-16(9-13)3-5-19-11-16/h6-8,13H,2-5,9,11H2,1H3. The first-order valence-electron chi connectivity index (χ1n) is 7.21. The SMILES string of the molecule is COc1cc(C#N)cc(OC2CCOC3(CCOC3)C2)c1. The monoisotopic (exact) mass is 289 g/mol. The minimum atomic E-state index is -0.181. The van der Waals surface area contributed by atoms with Gasteiger partial charge in [-0.1, -0.05) is 0 Å². The molecule has 1 aromatic carbocycles. The van der Waals surface area contributed by atoms with Gasteiger partial charge in [0, 0.05) is 31.9 Å². The molecule has 1 aromatic rings. The minimum Gasteiger partial charge on any atom is -0.497 e. The summed E-state index contributed by atoms with van der Waals surface area (Å²) in [7, 11) is 1.58. The zero-order valence-corrected chi connectivity index (χ0v) is 12.1. The lowest BCUT2D eigenvalue weighted by Gasteiger charge is -2.37. The third kappa shape index (κ3) is 3.12. The third-order valence-electron chi connectivity index (χ3n) is 4.06. The molecule has 21 heavy (non-hydrogen) atoms. The number of methoxy groups -OCH3 is 1. The number of hydrogen-bond donors (Lipinski definition) is 0. The quantitative estimate of drug-likeness (QED) is 0.854. The highest BCUT2D eigenvalue weighted by Gasteiger charge is 2.41. The number of ether oxygens (including phenoxy) is 4. The Hall–Kier alpha value is -1.77. The molecular weight excluding hydrogens is 270 g/mol. The summed E-state index contributed by atoms with van der Waals surface area (Å²) in [4.78, 5) is 0. The number of rotatable bonds is 3. The van der Waals surface area contributed by atoms with E-state index >= 15 is 0 Å². The van der Waals surface area contributed by atoms with Crippen LogP contribution in [0, 0.1) is 11.3 Å². The number of nitriles is 1. The highest BCUT2D eigenvalue weighted by atomic mass is 16.6. The van der Waals surface area contributed by atoms with E-state index in [1.165, 1.54) is 0 Å². The van der Waals surface area contributed by atoms with Gasteiger partial charge < -0.3 is 18.9 Å². The molecule has 0 bridgehead atoms. The Kier molecular flexibility index (Phi) is 4.00. The average Bonchev–Trinajstić information content (AvgIpc) is 2.94. The molecule has 1 spiro atoms. The Morgan fingerprint density at radius 2 is 2.14 bits per heavy atom. The van der Waals surface area contributed by atoms with Gasteiger partial charge in [0.25, 0.3) is 0 Å². The van der Waals surface area contributed by atoms with Gasteiger partial charge >= 0.3 is 0 Å². The molecule has 2 heterocycles. The molecule has 2 atom stereocenters. The molecule has 0 aliphatic carbocycles. The maximum Gasteiger partial charge on any atom is 0.124 e. The molecule has 0 radical (unpaired) electrons. The van der Waals surface area contributed by atoms with E-state index in [2.05, 4.69) is 6.07 Å². The molecule has 2 aliphatic heterocycles. The van der Waals surface area contributed by atoms with Crippen LogP contribution in [0.5, 0.6) is 11.5 Å². The number of benzene rings is 1. The van der Waals surface area contributed by atoms with E-state index in [-0.39, 0.29) is 11.7 Å². The predicted molar refractivity (Wildman–Crippen MR) is 75.5 cm³/mol. The molecule has 0 aromatic heterocycles. The second-order valence-corrected chi connectivity index (χ2v) is 5.58. The first kappa shape index (κ1) is 14.2. The fraction of sp³-hybridized carbons (Fsp3) is 0.562. The first-order chi connectivity index (χ1) is 10.2. The maximum atomic E-state index is 9.06. The summed E-state index contributed by atoms with van der Waals surface area (Å²) in [5.74, 6) is 1.31. The van der Waals surface area contributed by atoms with Gasteiger partial charge in [-0.05, 0) is 12.1 Å². The Morgan fingerprint density at radius 3 is 2.86 bits per heavy atom. The van der Waals surface area contributed by atoms with Crippen LogP contribution >= 0.6 is 0 Å². The molecule has 3 rings (SSSR count). The van der Waals surface area contributed by atoms with E-state index in [0.717, 1.165) is 25.9 Å². The van der Waals surface area contributed by atoms with Gasteiger partial charge in [0.1, 0.15) is 17.6 Å². The summed E-state index contributed by atoms with van der Waals surface area (Å²) >= 11 is 0. The van der Waals surface area contributed by atoms with Crippen LogP contribution in [-0.2, 0) is 9.47 Å². The van der Waals surface area contributed by atoms with E-state index in [1.54, 1.807) is 19.2 Å². The van der Waals surface area contributed by atoms with Gasteiger partial charge in [-0.25, -0.2) is 0 Å². The second-order valence-electron chi connectivity index (χ2n) is 5.58. The largest absolute Gasteiger partial charge is 0.497 e. The van der Waals surface area contributed by atoms with Crippen LogP contribution in [-0.4, -0.2) is 38.6 Å². The summed E-state index contributed by atoms with van der Waals surface area (Å²) in [5.41, 5.74) is 0.357. The lowest BCUT2D eigenvalue weighted by atomic mass is 9.91. The predicted octanol–water partition coefficient (Wildman–Crippen LogP) is 2.28. The smallest absolute Gasteiger partial charge is 0.124 e. The second kappa shape index (κ2) is 5.92. The Morgan fingerprint density at radius 1 is 1.29 bits per heavy atom. The Balaban J connectivity index is 1.72. The molecule has 5 nitrogen and oxygen atoms in total. The minimum absolute atomic E-state index is 0.0825. The van der Waals surface area contributed by atoms with Gasteiger partial charge in [-0.15, -0.1) is 0 Å². The molecule has 2 unspecified atom stereocenters. The normalized spacial score (nSPS) is 28.3. The average molecular weight is 289 g/mol. The van der Waals surface area contributed by atoms with E-state index < -0.39 is 0 Å². The van der Waals surface area contributed by atoms with Gasteiger partial charge in [-0.2, -0.15) is 5.26 Å². The maximum absolute atomic E-state index is 9.06. The van der Waals surface area contributed by atoms with Crippen molar-refractivity contribution in [3.05, 3.63) is 23.8 Å². The van der Waals surface area contributed by atoms with E-state index in [1.807, 2.05) is 6.07 Å². The lowest BCUT2D eigenvalue weighted by molar-refractivity contribution is -0.112. The Labute approximate surface area is 124 Å². The molecule has 0 saturated carbocycles. The topological polar surface area (TPSA) is 60.7 Å². The van der Waals surface area contributed by atoms with Crippen molar-refractivity contribution in [1.29, 1.82) is 5.26 Å². The van der Waals surface area contributed by atoms with Crippen LogP contribution in [0.25, 0.3) is 0 Å². The summed E-state index contributed by atoms with van der Waals surface area (Å²) in [5, 5.41) is 9.06. The molecule has 112 valence electrons. The lowest BCUT2D eigenvalue weighted by Crippen LogP contribution is -2.44. The van der Waals surface area contributed by atoms with Crippen LogP contribution in [0.4, 0.5) is 0 Å². The van der Waals surface area contributed by atoms with Crippen LogP contribution in [0.2, 0.25) is 0 Å². The van der Waals surface area contributed by atoms with Gasteiger partial charge in [-0.3, -0.25) is 0 Å². The van der Waals surface area contributed by atoms with E-state index in [4.69, 9.17) is 24.2 Å². The Bertz CT molecular complexity index is 546. The van der Waals surface area contributed by atoms with Crippen molar-refractivity contribution in [2.75, 3.05) is 26.9 Å². The van der Waals surface area contributed by atoms with Crippen LogP contribution in [0.1, 0.15) is 24.8 Å². The summed E-state index contributed by atoms with van der Waals surface area (Å²) < 4.78 is 22.6. The van der Waals surface area contributed by atoms with Crippen molar-refractivity contribution >= 4 is 0 Å². The number of nitrogens with zero attached hydrogens (tertiary/aromatic N) is 1. The van der Waals surface area contributed by atoms with Crippen molar-refractivity contribution in [3.8, 4) is 17.6 Å². The van der Waals surface area contributed by atoms with Crippen LogP contribution in [0.3, 0.4) is 0 Å². The fourth-order valence-electron chi connectivity index (χ4n) is 2.96. The highest BCUT2D eigenvalue weighted by Crippen LogP contribution is 2.35. The van der Waals surface area contributed by atoms with Gasteiger partial charge in [0.05, 0.1) is 37.6 Å². The first-order valence-corrected chi connectivity index (χ1v) is 7.21. The van der Waals surface area contributed by atoms with E-state index in [9.17, 15) is 0 Å². The van der Waals surface area contributed by atoms with Crippen molar-refractivity contribution < 1.29 is 18.9 Å². The molecule has 0 amide bonds. The molecular formula is C16H19NO4. The van der Waals surface area contributed by atoms with E-state index in [0.29, 0.717) is 30.3 Å². The van der Waals surface area contributed by atoms with Gasteiger partial charge in [0.2, 0.25) is 0 Å². The zero-order chi connectivity index (χ0) is 14.7. The summed E-state index contributed by atoms with van der Waals surface area (Å²) in [6, 6.07) is 7.38. The highest BCUT2D eigenvalue weighted by molar-refractivity contribution is 5.43. The third-order valence-corrected chi connectivity index (χ3v) is 4.06. The molecule has 2 aliphatic rings.